The molecule has 4 heterocycles. The molecule has 294 valence electrons. The van der Waals surface area contributed by atoms with Gasteiger partial charge >= 0.3 is 0 Å². The van der Waals surface area contributed by atoms with Crippen molar-refractivity contribution in [1.82, 2.24) is 0 Å². The fraction of sp³-hybridized carbons (Fsp3) is 0.576. The second kappa shape index (κ2) is 15.6. The number of phenolic OH excluding ortho intramolecular Hbond substituents is 3. The van der Waals surface area contributed by atoms with Crippen molar-refractivity contribution < 1.29 is 99.5 Å². The van der Waals surface area contributed by atoms with Crippen molar-refractivity contribution in [3.63, 3.8) is 0 Å². The van der Waals surface area contributed by atoms with Crippen molar-refractivity contribution in [3.05, 3.63) is 47.2 Å². The summed E-state index contributed by atoms with van der Waals surface area (Å²) in [5.74, 6) is -1.69. The molecule has 16 unspecified atom stereocenters. The van der Waals surface area contributed by atoms with E-state index in [2.05, 4.69) is 4.74 Å². The van der Waals surface area contributed by atoms with Crippen molar-refractivity contribution in [2.45, 2.75) is 105 Å². The Kier molecular flexibility index (Phi) is 11.5. The van der Waals surface area contributed by atoms with Gasteiger partial charge in [-0.25, -0.2) is 0 Å². The molecule has 3 saturated heterocycles. The minimum absolute atomic E-state index is 0.0499. The molecule has 20 heteroatoms. The Labute approximate surface area is 300 Å². The molecule has 16 atom stereocenters. The lowest BCUT2D eigenvalue weighted by molar-refractivity contribution is -0.325. The normalized spacial score (nSPS) is 40.1. The van der Waals surface area contributed by atoms with E-state index in [9.17, 15) is 66.4 Å². The summed E-state index contributed by atoms with van der Waals surface area (Å²) in [5, 5.41) is 134. The van der Waals surface area contributed by atoms with Gasteiger partial charge in [-0.3, -0.25) is 0 Å². The number of aliphatic hydroxyl groups is 11. The lowest BCUT2D eigenvalue weighted by Crippen LogP contribution is -2.61. The van der Waals surface area contributed by atoms with E-state index in [1.807, 2.05) is 0 Å². The van der Waals surface area contributed by atoms with Gasteiger partial charge in [0.2, 0.25) is 12.6 Å². The first kappa shape index (κ1) is 39.1. The zero-order chi connectivity index (χ0) is 38.5. The highest BCUT2D eigenvalue weighted by Gasteiger charge is 2.49. The van der Waals surface area contributed by atoms with Gasteiger partial charge in [0.1, 0.15) is 84.2 Å². The van der Waals surface area contributed by atoms with Crippen LogP contribution < -0.4 is 4.74 Å². The van der Waals surface area contributed by atoms with Crippen molar-refractivity contribution in [2.75, 3.05) is 13.2 Å². The number of phenols is 3. The van der Waals surface area contributed by atoms with E-state index >= 15 is 0 Å². The third kappa shape index (κ3) is 7.70. The van der Waals surface area contributed by atoms with Gasteiger partial charge in [0.05, 0.1) is 30.9 Å². The second-order valence-electron chi connectivity index (χ2n) is 13.2. The molecule has 2 aromatic carbocycles. The number of ether oxygens (including phenoxy) is 7. The number of benzene rings is 2. The van der Waals surface area contributed by atoms with Crippen molar-refractivity contribution in [2.24, 2.45) is 0 Å². The summed E-state index contributed by atoms with van der Waals surface area (Å²) < 4.78 is 38.7. The molecule has 0 aromatic heterocycles. The van der Waals surface area contributed by atoms with Crippen LogP contribution in [0.4, 0.5) is 0 Å². The molecule has 0 radical (unpaired) electrons. The molecule has 0 amide bonds. The smallest absolute Gasteiger partial charge is 0.270 e. The van der Waals surface area contributed by atoms with E-state index in [0.29, 0.717) is 0 Å². The fourth-order valence-corrected chi connectivity index (χ4v) is 6.34. The summed E-state index contributed by atoms with van der Waals surface area (Å²) in [4.78, 5) is 0. The van der Waals surface area contributed by atoms with Gasteiger partial charge in [-0.05, 0) is 25.1 Å². The summed E-state index contributed by atoms with van der Waals surface area (Å²) in [6, 6.07) is 6.05. The van der Waals surface area contributed by atoms with Crippen molar-refractivity contribution in [3.8, 4) is 28.7 Å². The van der Waals surface area contributed by atoms with E-state index in [4.69, 9.17) is 28.4 Å². The van der Waals surface area contributed by atoms with Gasteiger partial charge in [0, 0.05) is 12.1 Å². The molecule has 14 N–H and O–H groups in total. The summed E-state index contributed by atoms with van der Waals surface area (Å²) >= 11 is 0. The van der Waals surface area contributed by atoms with Gasteiger partial charge in [0.15, 0.2) is 23.5 Å². The maximum atomic E-state index is 11.0. The van der Waals surface area contributed by atoms with Crippen LogP contribution in [0.3, 0.4) is 0 Å². The third-order valence-electron chi connectivity index (χ3n) is 9.49. The fourth-order valence-electron chi connectivity index (χ4n) is 6.34. The standard InChI is InChI=1S/C33H42O20/c1-10-21(38)24(41)27(44)31(48-10)47-9-20-23(40)26(43)29(46)33(53-20)51-18-7-13-16(49-30(18)11-2-3-14(36)15(37)4-11)5-12(35)6-17(13)50-32-28(45)25(42)22(39)19(8-34)52-32/h2-7,10,19-46H,8-9H2,1H3/p+1. The van der Waals surface area contributed by atoms with Gasteiger partial charge < -0.3 is 99.5 Å². The molecule has 0 bridgehead atoms. The zero-order valence-corrected chi connectivity index (χ0v) is 27.8. The summed E-state index contributed by atoms with van der Waals surface area (Å²) in [5.41, 5.74) is 0.277. The average Bonchev–Trinajstić information content (AvgIpc) is 3.13. The van der Waals surface area contributed by atoms with Crippen molar-refractivity contribution in [1.29, 1.82) is 0 Å². The number of hydrogen-bond donors (Lipinski definition) is 13. The average molecular weight is 760 g/mol. The van der Waals surface area contributed by atoms with Crippen LogP contribution in [0.2, 0.25) is 0 Å². The number of aromatic hydroxyl groups is 4. The Morgan fingerprint density at radius 3 is 1.91 bits per heavy atom. The minimum atomic E-state index is -1.91. The largest absolute Gasteiger partial charge is 0.571 e. The molecule has 0 spiro atoms. The van der Waals surface area contributed by atoms with E-state index in [1.54, 1.807) is 0 Å². The molecule has 0 aliphatic carbocycles. The number of rotatable bonds is 9. The van der Waals surface area contributed by atoms with Crippen LogP contribution in [0.15, 0.2) is 36.1 Å². The first-order valence-corrected chi connectivity index (χ1v) is 16.6. The molecule has 53 heavy (non-hydrogen) atoms. The van der Waals surface area contributed by atoms with E-state index in [1.165, 1.54) is 31.2 Å². The quantitative estimate of drug-likeness (QED) is 0.0855. The molecule has 4 aliphatic rings. The number of aliphatic hydroxyl groups excluding tert-OH is 10. The van der Waals surface area contributed by atoms with Crippen LogP contribution in [0, 0.1) is 0 Å². The topological polar surface area (TPSA) is 331 Å². The van der Waals surface area contributed by atoms with Gasteiger partial charge in [-0.1, -0.05) is 0 Å². The summed E-state index contributed by atoms with van der Waals surface area (Å²) in [6.45, 7) is 0.102. The number of hydrogen-bond acceptors (Lipinski definition) is 19. The molecular formula is C33H43O20+. The predicted octanol–water partition coefficient (Wildman–Crippen LogP) is -4.01. The van der Waals surface area contributed by atoms with Crippen LogP contribution in [0.25, 0.3) is 6.08 Å². The Bertz CT molecular complexity index is 1620. The minimum Gasteiger partial charge on any atom is -0.571 e. The maximum Gasteiger partial charge on any atom is 0.270 e. The first-order valence-electron chi connectivity index (χ1n) is 16.6. The summed E-state index contributed by atoms with van der Waals surface area (Å²) in [6.07, 6.45) is -24.1. The first-order chi connectivity index (χ1) is 25.1. The van der Waals surface area contributed by atoms with E-state index in [0.717, 1.165) is 12.1 Å². The molecule has 2 aromatic rings. The second-order valence-corrected chi connectivity index (χ2v) is 13.2. The number of fused-ring (bicyclic) bond motifs is 1. The van der Waals surface area contributed by atoms with Crippen LogP contribution in [-0.2, 0) is 23.7 Å². The van der Waals surface area contributed by atoms with Crippen LogP contribution in [0.1, 0.15) is 24.2 Å². The van der Waals surface area contributed by atoms with Gasteiger partial charge in [-0.15, -0.1) is 0 Å². The van der Waals surface area contributed by atoms with Crippen molar-refractivity contribution >= 4 is 6.08 Å². The van der Waals surface area contributed by atoms with E-state index < -0.39 is 123 Å². The molecule has 3 fully saturated rings. The highest BCUT2D eigenvalue weighted by Crippen LogP contribution is 2.47. The maximum absolute atomic E-state index is 11.0. The summed E-state index contributed by atoms with van der Waals surface area (Å²) in [7, 11) is 0. The van der Waals surface area contributed by atoms with Crippen LogP contribution in [-0.4, -0.2) is 176 Å². The SMILES string of the molecule is CC1OC(OCC2OC(OC3=Cc4c(OC5OC(CO)C(O)C(O)C5O)cc(O)cc4[OH+]C3c3ccc(O)c(O)c3)C(O)C(O)C2O)C(O)C(O)C1O. The lowest BCUT2D eigenvalue weighted by Gasteiger charge is -2.42. The Balaban J connectivity index is 1.30. The van der Waals surface area contributed by atoms with Crippen LogP contribution in [0.5, 0.6) is 28.7 Å². The Hall–Kier alpha value is -3.58. The Morgan fingerprint density at radius 1 is 0.642 bits per heavy atom. The third-order valence-corrected chi connectivity index (χ3v) is 9.49. The molecule has 20 nitrogen and oxygen atoms in total. The van der Waals surface area contributed by atoms with E-state index in [-0.39, 0.29) is 34.1 Å². The Morgan fingerprint density at radius 2 is 1.25 bits per heavy atom. The van der Waals surface area contributed by atoms with Gasteiger partial charge in [-0.2, -0.15) is 0 Å². The molecular weight excluding hydrogens is 716 g/mol. The highest BCUT2D eigenvalue weighted by molar-refractivity contribution is 5.70. The monoisotopic (exact) mass is 759 g/mol. The van der Waals surface area contributed by atoms with Crippen LogP contribution >= 0.6 is 0 Å². The molecule has 0 saturated carbocycles. The molecule has 6 rings (SSSR count). The zero-order valence-electron chi connectivity index (χ0n) is 27.8. The molecule has 4 aliphatic heterocycles. The lowest BCUT2D eigenvalue weighted by atomic mass is 9.98. The predicted molar refractivity (Wildman–Crippen MR) is 171 cm³/mol. The van der Waals surface area contributed by atoms with Gasteiger partial charge in [0.25, 0.3) is 11.9 Å². The highest BCUT2D eigenvalue weighted by atomic mass is 16.7.